The van der Waals surface area contributed by atoms with Crippen LogP contribution in [0.25, 0.3) is 11.0 Å². The van der Waals surface area contributed by atoms with Crippen molar-refractivity contribution in [2.24, 2.45) is 0 Å². The third-order valence-electron chi connectivity index (χ3n) is 3.71. The van der Waals surface area contributed by atoms with Crippen LogP contribution in [0.4, 0.5) is 0 Å². The van der Waals surface area contributed by atoms with Crippen molar-refractivity contribution < 1.29 is 9.47 Å². The highest BCUT2D eigenvalue weighted by Gasteiger charge is 2.18. The molecular weight excluding hydrogens is 302 g/mol. The van der Waals surface area contributed by atoms with Crippen LogP contribution >= 0.6 is 0 Å². The minimum atomic E-state index is -0.300. The summed E-state index contributed by atoms with van der Waals surface area (Å²) in [5.74, 6) is 1.55. The molecule has 0 spiro atoms. The lowest BCUT2D eigenvalue weighted by Crippen LogP contribution is -2.08. The van der Waals surface area contributed by atoms with Gasteiger partial charge in [0.15, 0.2) is 0 Å². The standard InChI is InChI=1S/C19H19N3O2/c1-3-23-15-9-10-16-17(11-15)22-19(21-16)18(24-4-2)14-7-5-13(12-20)6-8-14/h5-11,18H,3-4H2,1-2H3,(H,21,22). The Bertz CT molecular complexity index is 862. The summed E-state index contributed by atoms with van der Waals surface area (Å²) in [6.07, 6.45) is -0.300. The maximum atomic E-state index is 8.94. The average molecular weight is 321 g/mol. The molecule has 0 aliphatic heterocycles. The first kappa shape index (κ1) is 16.0. The fraction of sp³-hybridized carbons (Fsp3) is 0.263. The number of benzene rings is 2. The molecule has 3 rings (SSSR count). The second-order valence-corrected chi connectivity index (χ2v) is 5.30. The summed E-state index contributed by atoms with van der Waals surface area (Å²) in [5.41, 5.74) is 3.36. The highest BCUT2D eigenvalue weighted by atomic mass is 16.5. The number of aromatic amines is 1. The molecule has 5 heteroatoms. The van der Waals surface area contributed by atoms with Crippen molar-refractivity contribution in [1.29, 1.82) is 5.26 Å². The number of rotatable bonds is 6. The number of hydrogen-bond acceptors (Lipinski definition) is 4. The number of hydrogen-bond donors (Lipinski definition) is 1. The minimum Gasteiger partial charge on any atom is -0.494 e. The summed E-state index contributed by atoms with van der Waals surface area (Å²) in [6.45, 7) is 5.09. The maximum absolute atomic E-state index is 8.94. The minimum absolute atomic E-state index is 0.300. The largest absolute Gasteiger partial charge is 0.494 e. The van der Waals surface area contributed by atoms with Crippen LogP contribution in [-0.4, -0.2) is 23.2 Å². The van der Waals surface area contributed by atoms with Gasteiger partial charge in [-0.1, -0.05) is 12.1 Å². The van der Waals surface area contributed by atoms with Crippen LogP contribution in [-0.2, 0) is 4.74 Å². The topological polar surface area (TPSA) is 70.9 Å². The van der Waals surface area contributed by atoms with Gasteiger partial charge in [0.2, 0.25) is 0 Å². The Morgan fingerprint density at radius 3 is 2.58 bits per heavy atom. The molecule has 5 nitrogen and oxygen atoms in total. The van der Waals surface area contributed by atoms with E-state index in [1.165, 1.54) is 0 Å². The summed E-state index contributed by atoms with van der Waals surface area (Å²) >= 11 is 0. The number of nitrogens with one attached hydrogen (secondary N) is 1. The van der Waals surface area contributed by atoms with Gasteiger partial charge in [0.05, 0.1) is 29.3 Å². The van der Waals surface area contributed by atoms with Crippen molar-refractivity contribution in [1.82, 2.24) is 9.97 Å². The molecule has 122 valence electrons. The first-order chi connectivity index (χ1) is 11.7. The van der Waals surface area contributed by atoms with E-state index in [-0.39, 0.29) is 6.10 Å². The van der Waals surface area contributed by atoms with Crippen LogP contribution in [0.3, 0.4) is 0 Å². The number of ether oxygens (including phenoxy) is 2. The van der Waals surface area contributed by atoms with Crippen LogP contribution in [0.5, 0.6) is 5.75 Å². The molecule has 1 heterocycles. The number of nitrogens with zero attached hydrogens (tertiary/aromatic N) is 2. The molecule has 24 heavy (non-hydrogen) atoms. The van der Waals surface area contributed by atoms with E-state index >= 15 is 0 Å². The number of imidazole rings is 1. The number of aromatic nitrogens is 2. The molecule has 0 radical (unpaired) electrons. The molecule has 0 aliphatic rings. The summed E-state index contributed by atoms with van der Waals surface area (Å²) in [7, 11) is 0. The van der Waals surface area contributed by atoms with Gasteiger partial charge in [-0.25, -0.2) is 4.98 Å². The lowest BCUT2D eigenvalue weighted by atomic mass is 10.1. The van der Waals surface area contributed by atoms with E-state index in [9.17, 15) is 0 Å². The van der Waals surface area contributed by atoms with Crippen LogP contribution in [0.1, 0.15) is 36.9 Å². The molecular formula is C19H19N3O2. The molecule has 0 saturated heterocycles. The monoisotopic (exact) mass is 321 g/mol. The van der Waals surface area contributed by atoms with Gasteiger partial charge >= 0.3 is 0 Å². The molecule has 2 aromatic carbocycles. The molecule has 1 aromatic heterocycles. The fourth-order valence-corrected chi connectivity index (χ4v) is 2.62. The quantitative estimate of drug-likeness (QED) is 0.746. The van der Waals surface area contributed by atoms with Gasteiger partial charge in [0, 0.05) is 12.7 Å². The third-order valence-corrected chi connectivity index (χ3v) is 3.71. The molecule has 1 atom stereocenters. The zero-order valence-corrected chi connectivity index (χ0v) is 13.7. The fourth-order valence-electron chi connectivity index (χ4n) is 2.62. The molecule has 1 unspecified atom stereocenters. The molecule has 0 fully saturated rings. The van der Waals surface area contributed by atoms with Crippen molar-refractivity contribution >= 4 is 11.0 Å². The molecule has 0 amide bonds. The highest BCUT2D eigenvalue weighted by molar-refractivity contribution is 5.77. The summed E-state index contributed by atoms with van der Waals surface area (Å²) in [6, 6.07) is 15.3. The van der Waals surface area contributed by atoms with Crippen molar-refractivity contribution in [2.75, 3.05) is 13.2 Å². The normalized spacial score (nSPS) is 12.0. The second-order valence-electron chi connectivity index (χ2n) is 5.30. The van der Waals surface area contributed by atoms with Crippen molar-refractivity contribution in [3.63, 3.8) is 0 Å². The lowest BCUT2D eigenvalue weighted by molar-refractivity contribution is 0.0859. The van der Waals surface area contributed by atoms with Gasteiger partial charge in [-0.2, -0.15) is 5.26 Å². The average Bonchev–Trinajstić information content (AvgIpc) is 3.03. The number of H-pyrrole nitrogens is 1. The smallest absolute Gasteiger partial charge is 0.141 e. The van der Waals surface area contributed by atoms with Crippen LogP contribution in [0.2, 0.25) is 0 Å². The molecule has 0 saturated carbocycles. The molecule has 0 bridgehead atoms. The Kier molecular flexibility index (Phi) is 4.78. The van der Waals surface area contributed by atoms with E-state index in [2.05, 4.69) is 16.0 Å². The van der Waals surface area contributed by atoms with E-state index in [1.54, 1.807) is 12.1 Å². The molecule has 3 aromatic rings. The van der Waals surface area contributed by atoms with Crippen molar-refractivity contribution in [2.45, 2.75) is 20.0 Å². The second kappa shape index (κ2) is 7.16. The van der Waals surface area contributed by atoms with Gasteiger partial charge in [0.25, 0.3) is 0 Å². The Labute approximate surface area is 140 Å². The van der Waals surface area contributed by atoms with E-state index in [0.717, 1.165) is 28.2 Å². The SMILES string of the molecule is CCOc1ccc2nc(C(OCC)c3ccc(C#N)cc3)[nH]c2c1. The van der Waals surface area contributed by atoms with Gasteiger partial charge < -0.3 is 14.5 Å². The van der Waals surface area contributed by atoms with Gasteiger partial charge in [-0.05, 0) is 43.7 Å². The van der Waals surface area contributed by atoms with E-state index < -0.39 is 0 Å². The molecule has 0 aliphatic carbocycles. The van der Waals surface area contributed by atoms with Crippen LogP contribution in [0.15, 0.2) is 42.5 Å². The Hall–Kier alpha value is -2.84. The van der Waals surface area contributed by atoms with Gasteiger partial charge in [-0.15, -0.1) is 0 Å². The predicted octanol–water partition coefficient (Wildman–Crippen LogP) is 3.96. The third kappa shape index (κ3) is 3.24. The number of fused-ring (bicyclic) bond motifs is 1. The predicted molar refractivity (Wildman–Crippen MR) is 91.9 cm³/mol. The lowest BCUT2D eigenvalue weighted by Gasteiger charge is -2.15. The highest BCUT2D eigenvalue weighted by Crippen LogP contribution is 2.27. The number of nitriles is 1. The van der Waals surface area contributed by atoms with Crippen LogP contribution in [0, 0.1) is 11.3 Å². The van der Waals surface area contributed by atoms with E-state index in [1.807, 2.05) is 44.2 Å². The van der Waals surface area contributed by atoms with Gasteiger partial charge in [-0.3, -0.25) is 0 Å². The van der Waals surface area contributed by atoms with Crippen molar-refractivity contribution in [3.05, 3.63) is 59.4 Å². The Balaban J connectivity index is 1.98. The Morgan fingerprint density at radius 1 is 1.12 bits per heavy atom. The first-order valence-electron chi connectivity index (χ1n) is 7.99. The summed E-state index contributed by atoms with van der Waals surface area (Å²) < 4.78 is 11.4. The maximum Gasteiger partial charge on any atom is 0.141 e. The van der Waals surface area contributed by atoms with Crippen molar-refractivity contribution in [3.8, 4) is 11.8 Å². The van der Waals surface area contributed by atoms with Crippen LogP contribution < -0.4 is 4.74 Å². The zero-order chi connectivity index (χ0) is 16.9. The van der Waals surface area contributed by atoms with Gasteiger partial charge in [0.1, 0.15) is 17.7 Å². The Morgan fingerprint density at radius 2 is 1.92 bits per heavy atom. The summed E-state index contributed by atoms with van der Waals surface area (Å²) in [5, 5.41) is 8.94. The van der Waals surface area contributed by atoms with E-state index in [4.69, 9.17) is 14.7 Å². The van der Waals surface area contributed by atoms with E-state index in [0.29, 0.717) is 18.8 Å². The zero-order valence-electron chi connectivity index (χ0n) is 13.7. The first-order valence-corrected chi connectivity index (χ1v) is 7.99. The molecule has 1 N–H and O–H groups in total. The summed E-state index contributed by atoms with van der Waals surface area (Å²) in [4.78, 5) is 7.98.